The SMILES string of the molecule is CC(C)CCOP(=O)(c1ccc(N(C)C)cc1)C(Nc1ccccc1)c1ccc(C(C)C)cc1. The van der Waals surface area contributed by atoms with E-state index in [4.69, 9.17) is 4.52 Å². The van der Waals surface area contributed by atoms with Crippen LogP contribution in [0.15, 0.2) is 78.9 Å². The van der Waals surface area contributed by atoms with Gasteiger partial charge in [0.25, 0.3) is 7.37 Å². The molecular formula is C29H39N2O2P. The highest BCUT2D eigenvalue weighted by molar-refractivity contribution is 7.67. The zero-order chi connectivity index (χ0) is 24.7. The van der Waals surface area contributed by atoms with Gasteiger partial charge in [0.2, 0.25) is 0 Å². The normalized spacial score (nSPS) is 14.1. The lowest BCUT2D eigenvalue weighted by atomic mass is 10.0. The maximum atomic E-state index is 14.9. The predicted molar refractivity (Wildman–Crippen MR) is 147 cm³/mol. The molecule has 1 N–H and O–H groups in total. The molecule has 4 nitrogen and oxygen atoms in total. The molecule has 2 unspecified atom stereocenters. The van der Waals surface area contributed by atoms with Gasteiger partial charge in [-0.05, 0) is 65.8 Å². The van der Waals surface area contributed by atoms with Gasteiger partial charge in [0.15, 0.2) is 0 Å². The predicted octanol–water partition coefficient (Wildman–Crippen LogP) is 7.65. The molecule has 34 heavy (non-hydrogen) atoms. The lowest BCUT2D eigenvalue weighted by Crippen LogP contribution is -2.21. The summed E-state index contributed by atoms with van der Waals surface area (Å²) in [6.45, 7) is 9.12. The molecule has 0 bridgehead atoms. The van der Waals surface area contributed by atoms with E-state index >= 15 is 0 Å². The molecule has 0 amide bonds. The van der Waals surface area contributed by atoms with Crippen LogP contribution in [0.4, 0.5) is 11.4 Å². The standard InChI is InChI=1S/C29H39N2O2P/c1-22(2)20-21-33-34(32,28-18-16-27(17-19-28)31(5)6)29(30-26-10-8-7-9-11-26)25-14-12-24(13-15-25)23(3)4/h7-19,22-23,29-30H,20-21H2,1-6H3. The Labute approximate surface area is 205 Å². The minimum absolute atomic E-state index is 0.433. The van der Waals surface area contributed by atoms with Gasteiger partial charge in [-0.15, -0.1) is 0 Å². The highest BCUT2D eigenvalue weighted by Gasteiger charge is 2.38. The van der Waals surface area contributed by atoms with Crippen molar-refractivity contribution in [2.24, 2.45) is 5.92 Å². The number of anilines is 2. The van der Waals surface area contributed by atoms with Gasteiger partial charge < -0.3 is 14.7 Å². The highest BCUT2D eigenvalue weighted by atomic mass is 31.2. The van der Waals surface area contributed by atoms with Crippen molar-refractivity contribution in [3.63, 3.8) is 0 Å². The molecule has 3 aromatic carbocycles. The Balaban J connectivity index is 2.09. The van der Waals surface area contributed by atoms with Gasteiger partial charge in [-0.1, -0.05) is 70.2 Å². The van der Waals surface area contributed by atoms with Crippen molar-refractivity contribution >= 4 is 24.0 Å². The summed E-state index contributed by atoms with van der Waals surface area (Å²) in [6, 6.07) is 26.3. The Morgan fingerprint density at radius 2 is 1.41 bits per heavy atom. The quantitative estimate of drug-likeness (QED) is 0.287. The fraction of sp³-hybridized carbons (Fsp3) is 0.379. The fourth-order valence-electron chi connectivity index (χ4n) is 3.80. The maximum absolute atomic E-state index is 14.9. The highest BCUT2D eigenvalue weighted by Crippen LogP contribution is 2.59. The van der Waals surface area contributed by atoms with Crippen LogP contribution in [0.5, 0.6) is 0 Å². The molecule has 0 saturated heterocycles. The van der Waals surface area contributed by atoms with Crippen molar-refractivity contribution < 1.29 is 9.09 Å². The van der Waals surface area contributed by atoms with Crippen LogP contribution in [-0.2, 0) is 9.09 Å². The van der Waals surface area contributed by atoms with Crippen molar-refractivity contribution in [3.8, 4) is 0 Å². The van der Waals surface area contributed by atoms with E-state index in [2.05, 4.69) is 57.3 Å². The molecular weight excluding hydrogens is 439 g/mol. The molecule has 0 heterocycles. The van der Waals surface area contributed by atoms with Gasteiger partial charge >= 0.3 is 0 Å². The Morgan fingerprint density at radius 1 is 0.824 bits per heavy atom. The van der Waals surface area contributed by atoms with Crippen LogP contribution in [0.1, 0.15) is 56.9 Å². The molecule has 0 radical (unpaired) electrons. The molecule has 0 aromatic heterocycles. The minimum atomic E-state index is -3.34. The summed E-state index contributed by atoms with van der Waals surface area (Å²) in [5.74, 6) is 0.395. The van der Waals surface area contributed by atoms with E-state index in [0.717, 1.165) is 28.7 Å². The number of para-hydroxylation sites is 1. The summed E-state index contributed by atoms with van der Waals surface area (Å²) in [5.41, 5.74) is 4.19. The molecule has 2 atom stereocenters. The molecule has 0 aliphatic carbocycles. The first-order valence-corrected chi connectivity index (χ1v) is 13.8. The number of rotatable bonds is 11. The molecule has 0 saturated carbocycles. The zero-order valence-electron chi connectivity index (χ0n) is 21.4. The molecule has 0 aliphatic heterocycles. The van der Waals surface area contributed by atoms with Gasteiger partial charge in [-0.2, -0.15) is 0 Å². The zero-order valence-corrected chi connectivity index (χ0v) is 22.3. The molecule has 182 valence electrons. The van der Waals surface area contributed by atoms with E-state index < -0.39 is 13.2 Å². The average Bonchev–Trinajstić information content (AvgIpc) is 2.83. The fourth-order valence-corrected chi connectivity index (χ4v) is 6.22. The number of nitrogens with one attached hydrogen (secondary N) is 1. The van der Waals surface area contributed by atoms with Crippen LogP contribution in [0, 0.1) is 5.92 Å². The van der Waals surface area contributed by atoms with Crippen molar-refractivity contribution in [1.82, 2.24) is 0 Å². The topological polar surface area (TPSA) is 41.6 Å². The summed E-state index contributed by atoms with van der Waals surface area (Å²) in [7, 11) is 0.664. The summed E-state index contributed by atoms with van der Waals surface area (Å²) < 4.78 is 21.3. The van der Waals surface area contributed by atoms with Crippen molar-refractivity contribution in [2.75, 3.05) is 30.9 Å². The summed E-state index contributed by atoms with van der Waals surface area (Å²) in [4.78, 5) is 2.04. The second-order valence-electron chi connectivity index (χ2n) is 9.76. The second kappa shape index (κ2) is 11.7. The number of hydrogen-bond donors (Lipinski definition) is 1. The van der Waals surface area contributed by atoms with Crippen LogP contribution in [-0.4, -0.2) is 20.7 Å². The molecule has 0 aliphatic rings. The Kier molecular flexibility index (Phi) is 8.99. The molecule has 0 spiro atoms. The van der Waals surface area contributed by atoms with Gasteiger partial charge in [0.05, 0.1) is 6.61 Å². The Hall–Kier alpha value is -2.55. The Morgan fingerprint density at radius 3 is 1.94 bits per heavy atom. The second-order valence-corrected chi connectivity index (χ2v) is 12.2. The van der Waals surface area contributed by atoms with E-state index in [-0.39, 0.29) is 0 Å². The van der Waals surface area contributed by atoms with Gasteiger partial charge in [0, 0.05) is 30.8 Å². The number of hydrogen-bond acceptors (Lipinski definition) is 4. The third kappa shape index (κ3) is 6.52. The maximum Gasteiger partial charge on any atom is 0.258 e. The number of nitrogens with zero attached hydrogens (tertiary/aromatic N) is 1. The first kappa shape index (κ1) is 26.1. The van der Waals surface area contributed by atoms with Crippen LogP contribution < -0.4 is 15.5 Å². The van der Waals surface area contributed by atoms with Crippen molar-refractivity contribution in [3.05, 3.63) is 90.0 Å². The molecule has 3 aromatic rings. The van der Waals surface area contributed by atoms with Crippen molar-refractivity contribution in [1.29, 1.82) is 0 Å². The van der Waals surface area contributed by atoms with Crippen LogP contribution >= 0.6 is 7.37 Å². The van der Waals surface area contributed by atoms with E-state index in [9.17, 15) is 4.57 Å². The van der Waals surface area contributed by atoms with Crippen LogP contribution in [0.25, 0.3) is 0 Å². The number of benzene rings is 3. The van der Waals surface area contributed by atoms with E-state index in [1.807, 2.05) is 73.6 Å². The first-order valence-electron chi connectivity index (χ1n) is 12.1. The lowest BCUT2D eigenvalue weighted by molar-refractivity contribution is 0.290. The van der Waals surface area contributed by atoms with Gasteiger partial charge in [0.1, 0.15) is 5.78 Å². The third-order valence-corrected chi connectivity index (χ3v) is 8.73. The molecule has 0 fully saturated rings. The molecule has 3 rings (SSSR count). The summed E-state index contributed by atoms with van der Waals surface area (Å²) in [5, 5.41) is 4.29. The lowest BCUT2D eigenvalue weighted by Gasteiger charge is -2.30. The minimum Gasteiger partial charge on any atom is -0.378 e. The summed E-state index contributed by atoms with van der Waals surface area (Å²) in [6.07, 6.45) is 0.851. The first-order chi connectivity index (χ1) is 16.2. The average molecular weight is 479 g/mol. The van der Waals surface area contributed by atoms with Gasteiger partial charge in [-0.3, -0.25) is 4.57 Å². The molecule has 5 heteroatoms. The van der Waals surface area contributed by atoms with E-state index in [0.29, 0.717) is 18.4 Å². The third-order valence-electron chi connectivity index (χ3n) is 6.04. The van der Waals surface area contributed by atoms with Gasteiger partial charge in [-0.25, -0.2) is 0 Å². The van der Waals surface area contributed by atoms with Crippen molar-refractivity contribution in [2.45, 2.75) is 45.8 Å². The largest absolute Gasteiger partial charge is 0.378 e. The van der Waals surface area contributed by atoms with E-state index in [1.165, 1.54) is 5.56 Å². The smallest absolute Gasteiger partial charge is 0.258 e. The monoisotopic (exact) mass is 478 g/mol. The Bertz CT molecular complexity index is 1060. The van der Waals surface area contributed by atoms with Crippen LogP contribution in [0.3, 0.4) is 0 Å². The van der Waals surface area contributed by atoms with E-state index in [1.54, 1.807) is 0 Å². The summed E-state index contributed by atoms with van der Waals surface area (Å²) >= 11 is 0. The van der Waals surface area contributed by atoms with Crippen LogP contribution in [0.2, 0.25) is 0 Å².